The number of nitrogens with one attached hydrogen (secondary N) is 1. The molecule has 1 amide bonds. The highest BCUT2D eigenvalue weighted by atomic mass is 16.6. The van der Waals surface area contributed by atoms with Gasteiger partial charge in [-0.15, -0.1) is 0 Å². The van der Waals surface area contributed by atoms with Crippen LogP contribution in [0.5, 0.6) is 0 Å². The van der Waals surface area contributed by atoms with E-state index >= 15 is 0 Å². The van der Waals surface area contributed by atoms with Crippen molar-refractivity contribution in [2.75, 3.05) is 13.1 Å². The minimum Gasteiger partial charge on any atom is -0.444 e. The number of likely N-dealkylation sites (tertiary alicyclic amines) is 1. The maximum Gasteiger partial charge on any atom is 0.407 e. The van der Waals surface area contributed by atoms with Crippen molar-refractivity contribution >= 4 is 6.09 Å². The first-order valence-corrected chi connectivity index (χ1v) is 9.56. The number of hydrogen-bond acceptors (Lipinski definition) is 3. The van der Waals surface area contributed by atoms with E-state index in [1.54, 1.807) is 0 Å². The number of nitrogens with zero attached hydrogens (tertiary/aromatic N) is 1. The Labute approximate surface area is 140 Å². The van der Waals surface area contributed by atoms with Crippen LogP contribution in [0.2, 0.25) is 0 Å². The smallest absolute Gasteiger partial charge is 0.407 e. The van der Waals surface area contributed by atoms with Crippen molar-refractivity contribution < 1.29 is 9.53 Å². The highest BCUT2D eigenvalue weighted by Crippen LogP contribution is 2.58. The second-order valence-corrected chi connectivity index (χ2v) is 9.72. The van der Waals surface area contributed by atoms with Crippen molar-refractivity contribution in [3.05, 3.63) is 0 Å². The van der Waals surface area contributed by atoms with Gasteiger partial charge in [0.05, 0.1) is 0 Å². The second kappa shape index (κ2) is 5.37. The molecule has 130 valence electrons. The largest absolute Gasteiger partial charge is 0.444 e. The summed E-state index contributed by atoms with van der Waals surface area (Å²) in [6, 6.07) is 0.262. The molecule has 1 atom stereocenters. The summed E-state index contributed by atoms with van der Waals surface area (Å²) < 4.78 is 5.42. The topological polar surface area (TPSA) is 41.6 Å². The van der Waals surface area contributed by atoms with Crippen LogP contribution >= 0.6 is 0 Å². The molecule has 4 saturated carbocycles. The lowest BCUT2D eigenvalue weighted by molar-refractivity contribution is -0.0808. The van der Waals surface area contributed by atoms with Crippen LogP contribution in [-0.4, -0.2) is 41.3 Å². The van der Waals surface area contributed by atoms with E-state index in [9.17, 15) is 4.79 Å². The van der Waals surface area contributed by atoms with Crippen LogP contribution in [0.4, 0.5) is 4.79 Å². The molecule has 0 unspecified atom stereocenters. The number of carbonyl (C=O) groups excluding carboxylic acids is 1. The number of carbonyl (C=O) groups is 1. The number of ether oxygens (including phenoxy) is 1. The van der Waals surface area contributed by atoms with E-state index in [4.69, 9.17) is 4.74 Å². The Bertz CT molecular complexity index is 447. The molecule has 0 aromatic rings. The normalized spacial score (nSPS) is 42.9. The lowest BCUT2D eigenvalue weighted by Crippen LogP contribution is -2.59. The summed E-state index contributed by atoms with van der Waals surface area (Å²) in [4.78, 5) is 14.8. The standard InChI is InChI=1S/C19H32N2O2/c1-18(2,3)23-17(22)20-16-4-5-21(12-16)19-9-13-6-14(10-19)8-15(7-13)11-19/h13-16H,4-12H2,1-3H3,(H,20,22)/t13?,14?,15?,16-,19?/m1/s1. The van der Waals surface area contributed by atoms with Gasteiger partial charge in [0.15, 0.2) is 0 Å². The van der Waals surface area contributed by atoms with Crippen molar-refractivity contribution in [2.45, 2.75) is 82.9 Å². The Balaban J connectivity index is 1.36. The van der Waals surface area contributed by atoms with Crippen molar-refractivity contribution in [1.82, 2.24) is 10.2 Å². The third kappa shape index (κ3) is 3.11. The summed E-state index contributed by atoms with van der Waals surface area (Å²) in [5.74, 6) is 2.96. The van der Waals surface area contributed by atoms with Gasteiger partial charge in [0.2, 0.25) is 0 Å². The molecule has 5 aliphatic rings. The first-order valence-electron chi connectivity index (χ1n) is 9.56. The van der Waals surface area contributed by atoms with Gasteiger partial charge in [0, 0.05) is 24.7 Å². The third-order valence-electron chi connectivity index (χ3n) is 6.59. The average Bonchev–Trinajstić information content (AvgIpc) is 2.83. The zero-order chi connectivity index (χ0) is 16.2. The molecule has 0 aromatic heterocycles. The molecule has 5 rings (SSSR count). The van der Waals surface area contributed by atoms with Crippen LogP contribution in [0.1, 0.15) is 65.7 Å². The van der Waals surface area contributed by atoms with Crippen LogP contribution in [0.25, 0.3) is 0 Å². The van der Waals surface area contributed by atoms with Crippen molar-refractivity contribution in [3.63, 3.8) is 0 Å². The minimum atomic E-state index is -0.414. The van der Waals surface area contributed by atoms with Gasteiger partial charge in [-0.1, -0.05) is 0 Å². The summed E-state index contributed by atoms with van der Waals surface area (Å²) in [5, 5.41) is 3.09. The number of rotatable bonds is 2. The quantitative estimate of drug-likeness (QED) is 0.846. The molecule has 1 N–H and O–H groups in total. The van der Waals surface area contributed by atoms with E-state index in [0.29, 0.717) is 5.54 Å². The average molecular weight is 320 g/mol. The molecule has 4 nitrogen and oxygen atoms in total. The maximum absolute atomic E-state index is 12.0. The highest BCUT2D eigenvalue weighted by molar-refractivity contribution is 5.68. The zero-order valence-electron chi connectivity index (χ0n) is 14.9. The third-order valence-corrected chi connectivity index (χ3v) is 6.59. The van der Waals surface area contributed by atoms with Gasteiger partial charge in [-0.2, -0.15) is 0 Å². The molecule has 1 saturated heterocycles. The first-order chi connectivity index (χ1) is 10.8. The van der Waals surface area contributed by atoms with Crippen LogP contribution < -0.4 is 5.32 Å². The lowest BCUT2D eigenvalue weighted by atomic mass is 9.52. The molecular formula is C19H32N2O2. The van der Waals surface area contributed by atoms with E-state index in [-0.39, 0.29) is 12.1 Å². The van der Waals surface area contributed by atoms with E-state index < -0.39 is 5.60 Å². The summed E-state index contributed by atoms with van der Waals surface area (Å²) in [7, 11) is 0. The molecule has 0 aromatic carbocycles. The molecule has 4 aliphatic carbocycles. The van der Waals surface area contributed by atoms with Gasteiger partial charge in [0.1, 0.15) is 5.60 Å². The van der Waals surface area contributed by atoms with Gasteiger partial charge >= 0.3 is 6.09 Å². The molecule has 0 spiro atoms. The fourth-order valence-electron chi connectivity index (χ4n) is 6.24. The fraction of sp³-hybridized carbons (Fsp3) is 0.947. The number of alkyl carbamates (subject to hydrolysis) is 1. The Morgan fingerprint density at radius 2 is 1.65 bits per heavy atom. The van der Waals surface area contributed by atoms with Crippen LogP contribution in [-0.2, 0) is 4.74 Å². The predicted molar refractivity (Wildman–Crippen MR) is 90.3 cm³/mol. The van der Waals surface area contributed by atoms with Gasteiger partial charge in [0.25, 0.3) is 0 Å². The molecule has 4 heteroatoms. The lowest BCUT2D eigenvalue weighted by Gasteiger charge is -2.60. The van der Waals surface area contributed by atoms with Crippen LogP contribution in [0, 0.1) is 17.8 Å². The Hall–Kier alpha value is -0.770. The number of hydrogen-bond donors (Lipinski definition) is 1. The fourth-order valence-corrected chi connectivity index (χ4v) is 6.24. The van der Waals surface area contributed by atoms with Gasteiger partial charge in [-0.3, -0.25) is 4.90 Å². The second-order valence-electron chi connectivity index (χ2n) is 9.72. The minimum absolute atomic E-state index is 0.255. The summed E-state index contributed by atoms with van der Waals surface area (Å²) in [6.07, 6.45) is 9.54. The predicted octanol–water partition coefficient (Wildman–Crippen LogP) is 3.55. The van der Waals surface area contributed by atoms with E-state index in [1.165, 1.54) is 38.5 Å². The molecule has 0 radical (unpaired) electrons. The molecule has 1 heterocycles. The summed E-state index contributed by atoms with van der Waals surface area (Å²) in [5.41, 5.74) is 0.0570. The Morgan fingerprint density at radius 3 is 2.17 bits per heavy atom. The van der Waals surface area contributed by atoms with Crippen LogP contribution in [0.15, 0.2) is 0 Å². The highest BCUT2D eigenvalue weighted by Gasteiger charge is 2.54. The monoisotopic (exact) mass is 320 g/mol. The maximum atomic E-state index is 12.0. The van der Waals surface area contributed by atoms with E-state index in [0.717, 1.165) is 37.3 Å². The molecular weight excluding hydrogens is 288 g/mol. The number of amides is 1. The van der Waals surface area contributed by atoms with Crippen molar-refractivity contribution in [2.24, 2.45) is 17.8 Å². The van der Waals surface area contributed by atoms with Crippen molar-refractivity contribution in [3.8, 4) is 0 Å². The van der Waals surface area contributed by atoms with Crippen LogP contribution in [0.3, 0.4) is 0 Å². The summed E-state index contributed by atoms with van der Waals surface area (Å²) in [6.45, 7) is 7.92. The molecule has 1 aliphatic heterocycles. The molecule has 23 heavy (non-hydrogen) atoms. The van der Waals surface area contributed by atoms with E-state index in [1.807, 2.05) is 20.8 Å². The van der Waals surface area contributed by atoms with Crippen molar-refractivity contribution in [1.29, 1.82) is 0 Å². The van der Waals surface area contributed by atoms with Gasteiger partial charge in [-0.05, 0) is 83.5 Å². The van der Waals surface area contributed by atoms with Gasteiger partial charge < -0.3 is 10.1 Å². The zero-order valence-corrected chi connectivity index (χ0v) is 14.9. The first kappa shape index (κ1) is 15.7. The Morgan fingerprint density at radius 1 is 1.09 bits per heavy atom. The molecule has 4 bridgehead atoms. The summed E-state index contributed by atoms with van der Waals surface area (Å²) >= 11 is 0. The SMILES string of the molecule is CC(C)(C)OC(=O)N[C@@H]1CCN(C23CC4CC(CC(C4)C2)C3)C1. The van der Waals surface area contributed by atoms with Gasteiger partial charge in [-0.25, -0.2) is 4.79 Å². The molecule has 5 fully saturated rings. The Kier molecular flexibility index (Phi) is 3.67. The van der Waals surface area contributed by atoms with E-state index in [2.05, 4.69) is 10.2 Å².